The molecule has 0 spiro atoms. The highest BCUT2D eigenvalue weighted by atomic mass is 35.5. The van der Waals surface area contributed by atoms with Crippen LogP contribution in [0, 0.1) is 11.8 Å². The maximum atomic E-state index is 11.7. The Morgan fingerprint density at radius 1 is 1.25 bits per heavy atom. The topological polar surface area (TPSA) is 54.4 Å². The fourth-order valence-electron chi connectivity index (χ4n) is 1.25. The van der Waals surface area contributed by atoms with E-state index in [1.165, 1.54) is 0 Å². The van der Waals surface area contributed by atoms with Crippen LogP contribution < -0.4 is 0 Å². The van der Waals surface area contributed by atoms with Gasteiger partial charge in [-0.25, -0.2) is 0 Å². The van der Waals surface area contributed by atoms with Crippen molar-refractivity contribution in [1.29, 1.82) is 0 Å². The standard InChI is InChI=1S/C11H20ClNO3/c1-7(2)10(14)8(11(15)16)6-9(12)13(3,4)5/h7-9H,6H2,1-5H3/p+1/t8-,9-/m1/s1. The average Bonchev–Trinajstić information content (AvgIpc) is 2.10. The molecule has 1 N–H and O–H groups in total. The van der Waals surface area contributed by atoms with Gasteiger partial charge < -0.3 is 9.59 Å². The lowest BCUT2D eigenvalue weighted by Gasteiger charge is -2.31. The second-order valence-electron chi connectivity index (χ2n) is 5.23. The number of aliphatic carboxylic acids is 1. The van der Waals surface area contributed by atoms with Gasteiger partial charge in [0.05, 0.1) is 21.1 Å². The van der Waals surface area contributed by atoms with Crippen LogP contribution in [0.2, 0.25) is 0 Å². The fraction of sp³-hybridized carbons (Fsp3) is 0.818. The molecular weight excluding hydrogens is 230 g/mol. The molecule has 0 aliphatic heterocycles. The molecule has 0 aromatic carbocycles. The van der Waals surface area contributed by atoms with Crippen molar-refractivity contribution < 1.29 is 19.2 Å². The SMILES string of the molecule is CC(C)C(=O)[C@@H](C[C@H](Cl)[N+](C)(C)C)C(=O)O. The molecule has 0 radical (unpaired) electrons. The minimum atomic E-state index is -1.09. The van der Waals surface area contributed by atoms with E-state index in [1.807, 2.05) is 21.1 Å². The van der Waals surface area contributed by atoms with Crippen LogP contribution in [0.15, 0.2) is 0 Å². The molecule has 0 rings (SSSR count). The van der Waals surface area contributed by atoms with Crippen LogP contribution in [0.3, 0.4) is 0 Å². The molecule has 2 atom stereocenters. The van der Waals surface area contributed by atoms with E-state index in [9.17, 15) is 9.59 Å². The van der Waals surface area contributed by atoms with Crippen molar-refractivity contribution in [2.24, 2.45) is 11.8 Å². The summed E-state index contributed by atoms with van der Waals surface area (Å²) in [6, 6.07) is 0. The Morgan fingerprint density at radius 2 is 1.69 bits per heavy atom. The van der Waals surface area contributed by atoms with Gasteiger partial charge in [0.1, 0.15) is 11.7 Å². The van der Waals surface area contributed by atoms with E-state index in [2.05, 4.69) is 0 Å². The van der Waals surface area contributed by atoms with Crippen LogP contribution in [0.25, 0.3) is 0 Å². The zero-order valence-corrected chi connectivity index (χ0v) is 11.3. The molecule has 0 amide bonds. The summed E-state index contributed by atoms with van der Waals surface area (Å²) in [5.74, 6) is -2.62. The van der Waals surface area contributed by atoms with Gasteiger partial charge in [-0.2, -0.15) is 0 Å². The molecule has 5 heteroatoms. The highest BCUT2D eigenvalue weighted by Gasteiger charge is 2.34. The first-order chi connectivity index (χ1) is 7.07. The number of rotatable bonds is 6. The molecule has 16 heavy (non-hydrogen) atoms. The average molecular weight is 251 g/mol. The number of carboxylic acid groups (broad SMARTS) is 1. The number of halogens is 1. The number of nitrogens with zero attached hydrogens (tertiary/aromatic N) is 1. The third-order valence-electron chi connectivity index (χ3n) is 2.48. The first-order valence-electron chi connectivity index (χ1n) is 5.29. The maximum absolute atomic E-state index is 11.7. The number of alkyl halides is 1. The van der Waals surface area contributed by atoms with Crippen LogP contribution in [0.1, 0.15) is 20.3 Å². The van der Waals surface area contributed by atoms with Gasteiger partial charge >= 0.3 is 5.97 Å². The van der Waals surface area contributed by atoms with Crippen molar-refractivity contribution in [2.45, 2.75) is 25.8 Å². The van der Waals surface area contributed by atoms with E-state index >= 15 is 0 Å². The van der Waals surface area contributed by atoms with E-state index in [1.54, 1.807) is 13.8 Å². The monoisotopic (exact) mass is 250 g/mol. The smallest absolute Gasteiger partial charge is 0.314 e. The summed E-state index contributed by atoms with van der Waals surface area (Å²) in [6.45, 7) is 3.40. The Labute approximate surface area is 102 Å². The first-order valence-corrected chi connectivity index (χ1v) is 5.72. The number of hydrogen-bond donors (Lipinski definition) is 1. The van der Waals surface area contributed by atoms with Gasteiger partial charge in [-0.1, -0.05) is 25.4 Å². The lowest BCUT2D eigenvalue weighted by Crippen LogP contribution is -2.44. The van der Waals surface area contributed by atoms with Crippen molar-refractivity contribution in [3.05, 3.63) is 0 Å². The van der Waals surface area contributed by atoms with E-state index in [-0.39, 0.29) is 23.6 Å². The van der Waals surface area contributed by atoms with Crippen molar-refractivity contribution in [1.82, 2.24) is 0 Å². The first kappa shape index (κ1) is 15.4. The minimum absolute atomic E-state index is 0.164. The van der Waals surface area contributed by atoms with Gasteiger partial charge in [0, 0.05) is 12.3 Å². The Kier molecular flexibility index (Phi) is 5.42. The molecule has 0 aromatic heterocycles. The van der Waals surface area contributed by atoms with Crippen molar-refractivity contribution >= 4 is 23.4 Å². The molecule has 0 aromatic rings. The largest absolute Gasteiger partial charge is 0.481 e. The summed E-state index contributed by atoms with van der Waals surface area (Å²) < 4.78 is 0.427. The summed E-state index contributed by atoms with van der Waals surface area (Å²) >= 11 is 6.10. The molecule has 0 aliphatic carbocycles. The summed E-state index contributed by atoms with van der Waals surface area (Å²) in [5.41, 5.74) is -0.385. The number of carboxylic acids is 1. The molecule has 0 aliphatic rings. The lowest BCUT2D eigenvalue weighted by molar-refractivity contribution is -0.883. The van der Waals surface area contributed by atoms with E-state index in [4.69, 9.17) is 16.7 Å². The normalized spacial score (nSPS) is 15.9. The molecule has 0 bridgehead atoms. The molecular formula is C11H21ClNO3+. The second-order valence-corrected chi connectivity index (χ2v) is 5.74. The molecule has 0 fully saturated rings. The van der Waals surface area contributed by atoms with E-state index in [0.29, 0.717) is 4.48 Å². The van der Waals surface area contributed by atoms with Crippen molar-refractivity contribution in [3.8, 4) is 0 Å². The molecule has 4 nitrogen and oxygen atoms in total. The number of carbonyl (C=O) groups is 2. The van der Waals surface area contributed by atoms with Gasteiger partial charge in [0.2, 0.25) is 0 Å². The number of ketones is 1. The van der Waals surface area contributed by atoms with Crippen molar-refractivity contribution in [2.75, 3.05) is 21.1 Å². The number of quaternary nitrogens is 1. The Balaban J connectivity index is 4.72. The van der Waals surface area contributed by atoms with Crippen LogP contribution in [0.4, 0.5) is 0 Å². The predicted molar refractivity (Wildman–Crippen MR) is 63.3 cm³/mol. The Hall–Kier alpha value is -0.610. The van der Waals surface area contributed by atoms with Crippen LogP contribution >= 0.6 is 11.6 Å². The molecule has 0 heterocycles. The van der Waals surface area contributed by atoms with Crippen LogP contribution in [-0.4, -0.2) is 48.0 Å². The quantitative estimate of drug-likeness (QED) is 0.337. The van der Waals surface area contributed by atoms with Gasteiger partial charge in [0.25, 0.3) is 0 Å². The van der Waals surface area contributed by atoms with Gasteiger partial charge in [-0.3, -0.25) is 9.59 Å². The summed E-state index contributed by atoms with van der Waals surface area (Å²) in [6.07, 6.45) is 0.164. The third kappa shape index (κ3) is 4.49. The fourth-order valence-corrected chi connectivity index (χ4v) is 1.43. The number of Topliss-reactive ketones (excluding diaryl/α,β-unsaturated/α-hetero) is 1. The zero-order valence-electron chi connectivity index (χ0n) is 10.5. The maximum Gasteiger partial charge on any atom is 0.314 e. The van der Waals surface area contributed by atoms with E-state index in [0.717, 1.165) is 0 Å². The number of hydrogen-bond acceptors (Lipinski definition) is 2. The summed E-state index contributed by atoms with van der Waals surface area (Å²) in [7, 11) is 5.61. The lowest BCUT2D eigenvalue weighted by atomic mass is 9.92. The van der Waals surface area contributed by atoms with Crippen LogP contribution in [0.5, 0.6) is 0 Å². The minimum Gasteiger partial charge on any atom is -0.481 e. The second kappa shape index (κ2) is 5.64. The summed E-state index contributed by atoms with van der Waals surface area (Å²) in [5, 5.41) is 9.02. The molecule has 0 saturated heterocycles. The molecule has 0 saturated carbocycles. The Morgan fingerprint density at radius 3 is 1.94 bits per heavy atom. The highest BCUT2D eigenvalue weighted by Crippen LogP contribution is 2.21. The van der Waals surface area contributed by atoms with Gasteiger partial charge in [-0.05, 0) is 0 Å². The number of carbonyl (C=O) groups excluding carboxylic acids is 1. The molecule has 94 valence electrons. The predicted octanol–water partition coefficient (Wildman–Crippen LogP) is 1.57. The van der Waals surface area contributed by atoms with Gasteiger partial charge in [0.15, 0.2) is 5.50 Å². The molecule has 0 unspecified atom stereocenters. The van der Waals surface area contributed by atoms with Gasteiger partial charge in [-0.15, -0.1) is 0 Å². The zero-order chi connectivity index (χ0) is 13.1. The van der Waals surface area contributed by atoms with Crippen molar-refractivity contribution in [3.63, 3.8) is 0 Å². The Bertz CT molecular complexity index is 271. The summed E-state index contributed by atoms with van der Waals surface area (Å²) in [4.78, 5) is 22.7. The highest BCUT2D eigenvalue weighted by molar-refractivity contribution is 6.20. The van der Waals surface area contributed by atoms with E-state index < -0.39 is 11.9 Å². The van der Waals surface area contributed by atoms with Crippen LogP contribution in [-0.2, 0) is 9.59 Å². The third-order valence-corrected chi connectivity index (χ3v) is 3.24.